The van der Waals surface area contributed by atoms with Gasteiger partial charge < -0.3 is 9.47 Å². The Labute approximate surface area is 123 Å². The van der Waals surface area contributed by atoms with Crippen LogP contribution in [0.15, 0.2) is 23.8 Å². The molecule has 0 aromatic carbocycles. The number of carbonyl (C=O) groups is 1. The Hall–Kier alpha value is -1.09. The molecule has 3 heteroatoms. The molecule has 0 unspecified atom stereocenters. The number of hydrogen-bond acceptors (Lipinski definition) is 3. The number of allylic oxidation sites excluding steroid dienone is 2. The van der Waals surface area contributed by atoms with Gasteiger partial charge in [-0.3, -0.25) is 0 Å². The summed E-state index contributed by atoms with van der Waals surface area (Å²) < 4.78 is 11.0. The molecule has 0 heterocycles. The van der Waals surface area contributed by atoms with E-state index >= 15 is 0 Å². The summed E-state index contributed by atoms with van der Waals surface area (Å²) in [4.78, 5) is 11.3. The molecule has 0 amide bonds. The van der Waals surface area contributed by atoms with Crippen molar-refractivity contribution in [1.29, 1.82) is 0 Å². The van der Waals surface area contributed by atoms with Gasteiger partial charge in [0, 0.05) is 6.08 Å². The molecule has 0 bridgehead atoms. The van der Waals surface area contributed by atoms with Crippen molar-refractivity contribution in [2.45, 2.75) is 59.5 Å². The van der Waals surface area contributed by atoms with Crippen molar-refractivity contribution >= 4 is 5.97 Å². The van der Waals surface area contributed by atoms with E-state index in [1.807, 2.05) is 13.8 Å². The van der Waals surface area contributed by atoms with E-state index in [9.17, 15) is 4.79 Å². The molecule has 1 aliphatic rings. The molecule has 0 radical (unpaired) electrons. The van der Waals surface area contributed by atoms with Crippen molar-refractivity contribution in [3.05, 3.63) is 23.8 Å². The normalized spacial score (nSPS) is 18.4. The molecule has 0 atom stereocenters. The smallest absolute Gasteiger partial charge is 0.330 e. The van der Waals surface area contributed by atoms with Crippen LogP contribution in [0.25, 0.3) is 0 Å². The SMILES string of the molecule is CC=CC(=O)OCC(C)(C)OCCC1=CCC(C)(C)C1. The molecule has 0 saturated heterocycles. The predicted molar refractivity (Wildman–Crippen MR) is 81.5 cm³/mol. The maximum Gasteiger partial charge on any atom is 0.330 e. The third kappa shape index (κ3) is 6.38. The van der Waals surface area contributed by atoms with Gasteiger partial charge in [-0.2, -0.15) is 0 Å². The summed E-state index contributed by atoms with van der Waals surface area (Å²) in [5.41, 5.74) is 1.45. The van der Waals surface area contributed by atoms with E-state index in [2.05, 4.69) is 19.9 Å². The first kappa shape index (κ1) is 17.0. The number of rotatable bonds is 7. The summed E-state index contributed by atoms with van der Waals surface area (Å²) >= 11 is 0. The van der Waals surface area contributed by atoms with Crippen LogP contribution >= 0.6 is 0 Å². The summed E-state index contributed by atoms with van der Waals surface area (Å²) in [7, 11) is 0. The largest absolute Gasteiger partial charge is 0.459 e. The lowest BCUT2D eigenvalue weighted by atomic mass is 9.89. The molecule has 1 rings (SSSR count). The lowest BCUT2D eigenvalue weighted by Crippen LogP contribution is -2.32. The van der Waals surface area contributed by atoms with Crippen molar-refractivity contribution in [3.8, 4) is 0 Å². The summed E-state index contributed by atoms with van der Waals surface area (Å²) in [5, 5.41) is 0. The number of esters is 1. The van der Waals surface area contributed by atoms with Crippen LogP contribution < -0.4 is 0 Å². The van der Waals surface area contributed by atoms with Crippen LogP contribution in [0, 0.1) is 5.41 Å². The standard InChI is InChI=1S/C17H28O3/c1-6-7-15(18)19-13-17(4,5)20-11-9-14-8-10-16(2,3)12-14/h6-8H,9-13H2,1-5H3. The van der Waals surface area contributed by atoms with Crippen LogP contribution in [0.2, 0.25) is 0 Å². The van der Waals surface area contributed by atoms with Gasteiger partial charge in [0.25, 0.3) is 0 Å². The second kappa shape index (κ2) is 7.07. The fourth-order valence-electron chi connectivity index (χ4n) is 2.30. The zero-order valence-corrected chi connectivity index (χ0v) is 13.5. The van der Waals surface area contributed by atoms with Crippen LogP contribution in [0.5, 0.6) is 0 Å². The minimum absolute atomic E-state index is 0.278. The maximum atomic E-state index is 11.3. The molecule has 0 fully saturated rings. The fraction of sp³-hybridized carbons (Fsp3) is 0.706. The molecule has 20 heavy (non-hydrogen) atoms. The Morgan fingerprint density at radius 1 is 1.45 bits per heavy atom. The average Bonchev–Trinajstić information content (AvgIpc) is 2.67. The zero-order chi connectivity index (χ0) is 15.2. The van der Waals surface area contributed by atoms with E-state index in [4.69, 9.17) is 9.47 Å². The lowest BCUT2D eigenvalue weighted by Gasteiger charge is -2.25. The number of carbonyl (C=O) groups excluding carboxylic acids is 1. The lowest BCUT2D eigenvalue weighted by molar-refractivity contribution is -0.147. The quantitative estimate of drug-likeness (QED) is 0.401. The van der Waals surface area contributed by atoms with E-state index in [1.54, 1.807) is 13.0 Å². The van der Waals surface area contributed by atoms with Crippen molar-refractivity contribution in [2.24, 2.45) is 5.41 Å². The summed E-state index contributed by atoms with van der Waals surface area (Å²) in [6.07, 6.45) is 8.71. The second-order valence-electron chi connectivity index (χ2n) is 6.87. The molecule has 0 spiro atoms. The maximum absolute atomic E-state index is 11.3. The third-order valence-corrected chi connectivity index (χ3v) is 3.43. The highest BCUT2D eigenvalue weighted by molar-refractivity contribution is 5.81. The minimum Gasteiger partial charge on any atom is -0.459 e. The topological polar surface area (TPSA) is 35.5 Å². The predicted octanol–water partition coefficient (Wildman–Crippen LogP) is 4.04. The van der Waals surface area contributed by atoms with Gasteiger partial charge in [0.1, 0.15) is 6.61 Å². The van der Waals surface area contributed by atoms with Crippen molar-refractivity contribution in [1.82, 2.24) is 0 Å². The van der Waals surface area contributed by atoms with Gasteiger partial charge in [-0.15, -0.1) is 0 Å². The molecule has 114 valence electrons. The molecule has 0 aromatic rings. The fourth-order valence-corrected chi connectivity index (χ4v) is 2.30. The van der Waals surface area contributed by atoms with Crippen LogP contribution in [0.3, 0.4) is 0 Å². The highest BCUT2D eigenvalue weighted by Crippen LogP contribution is 2.37. The Kier molecular flexibility index (Phi) is 6.00. The highest BCUT2D eigenvalue weighted by atomic mass is 16.6. The van der Waals surface area contributed by atoms with Crippen LogP contribution in [-0.2, 0) is 14.3 Å². The minimum atomic E-state index is -0.439. The first-order chi connectivity index (χ1) is 9.24. The van der Waals surface area contributed by atoms with Gasteiger partial charge >= 0.3 is 5.97 Å². The van der Waals surface area contributed by atoms with E-state index in [0.717, 1.165) is 19.3 Å². The van der Waals surface area contributed by atoms with Crippen LogP contribution in [0.1, 0.15) is 53.9 Å². The average molecular weight is 280 g/mol. The molecule has 0 saturated carbocycles. The molecule has 3 nitrogen and oxygen atoms in total. The van der Waals surface area contributed by atoms with E-state index in [0.29, 0.717) is 12.0 Å². The Balaban J connectivity index is 2.24. The monoisotopic (exact) mass is 280 g/mol. The van der Waals surface area contributed by atoms with Gasteiger partial charge in [0.15, 0.2) is 0 Å². The number of hydrogen-bond donors (Lipinski definition) is 0. The summed E-state index contributed by atoms with van der Waals surface area (Å²) in [6, 6.07) is 0. The van der Waals surface area contributed by atoms with Crippen molar-refractivity contribution < 1.29 is 14.3 Å². The first-order valence-corrected chi connectivity index (χ1v) is 7.35. The van der Waals surface area contributed by atoms with E-state index < -0.39 is 5.60 Å². The molecular weight excluding hydrogens is 252 g/mol. The molecular formula is C17H28O3. The molecule has 0 aromatic heterocycles. The highest BCUT2D eigenvalue weighted by Gasteiger charge is 2.25. The van der Waals surface area contributed by atoms with Crippen molar-refractivity contribution in [2.75, 3.05) is 13.2 Å². The first-order valence-electron chi connectivity index (χ1n) is 7.35. The van der Waals surface area contributed by atoms with Gasteiger partial charge in [-0.25, -0.2) is 4.79 Å². The second-order valence-corrected chi connectivity index (χ2v) is 6.87. The Bertz CT molecular complexity index is 389. The van der Waals surface area contributed by atoms with Crippen LogP contribution in [0.4, 0.5) is 0 Å². The molecule has 0 N–H and O–H groups in total. The Morgan fingerprint density at radius 2 is 2.15 bits per heavy atom. The third-order valence-electron chi connectivity index (χ3n) is 3.43. The van der Waals surface area contributed by atoms with Gasteiger partial charge in [-0.05, 0) is 45.4 Å². The Morgan fingerprint density at radius 3 is 2.70 bits per heavy atom. The van der Waals surface area contributed by atoms with Crippen LogP contribution in [-0.4, -0.2) is 24.8 Å². The molecule has 1 aliphatic carbocycles. The van der Waals surface area contributed by atoms with E-state index in [-0.39, 0.29) is 12.6 Å². The van der Waals surface area contributed by atoms with E-state index in [1.165, 1.54) is 11.6 Å². The van der Waals surface area contributed by atoms with Gasteiger partial charge in [-0.1, -0.05) is 31.6 Å². The van der Waals surface area contributed by atoms with Crippen molar-refractivity contribution in [3.63, 3.8) is 0 Å². The summed E-state index contributed by atoms with van der Waals surface area (Å²) in [6.45, 7) is 11.2. The zero-order valence-electron chi connectivity index (χ0n) is 13.5. The summed E-state index contributed by atoms with van der Waals surface area (Å²) in [5.74, 6) is -0.315. The number of ether oxygens (including phenoxy) is 2. The van der Waals surface area contributed by atoms with Gasteiger partial charge in [0.2, 0.25) is 0 Å². The van der Waals surface area contributed by atoms with Gasteiger partial charge in [0.05, 0.1) is 12.2 Å². The molecule has 0 aliphatic heterocycles.